The van der Waals surface area contributed by atoms with Crippen molar-refractivity contribution in [1.82, 2.24) is 0 Å². The van der Waals surface area contributed by atoms with Crippen molar-refractivity contribution < 1.29 is 23.8 Å². The first-order valence-electron chi connectivity index (χ1n) is 7.24. The smallest absolute Gasteiger partial charge is 0.205 e. The first kappa shape index (κ1) is 14.5. The number of allylic oxidation sites excluding steroid dienone is 2. The van der Waals surface area contributed by atoms with Gasteiger partial charge >= 0.3 is 0 Å². The Labute approximate surface area is 128 Å². The normalized spacial score (nSPS) is 15.2. The van der Waals surface area contributed by atoms with Crippen molar-refractivity contribution in [2.45, 2.75) is 19.3 Å². The SMILES string of the molecule is COc1c(C(=O)/C=C/C2CCC2)c(O)c(OC)c2occc12. The summed E-state index contributed by atoms with van der Waals surface area (Å²) < 4.78 is 15.9. The summed E-state index contributed by atoms with van der Waals surface area (Å²) in [7, 11) is 2.88. The molecule has 1 aliphatic rings. The van der Waals surface area contributed by atoms with Gasteiger partial charge in [0.15, 0.2) is 17.1 Å². The van der Waals surface area contributed by atoms with Gasteiger partial charge < -0.3 is 19.0 Å². The molecule has 1 aliphatic carbocycles. The van der Waals surface area contributed by atoms with Gasteiger partial charge in [0.05, 0.1) is 25.9 Å². The number of carbonyl (C=O) groups is 1. The van der Waals surface area contributed by atoms with Crippen LogP contribution >= 0.6 is 0 Å². The topological polar surface area (TPSA) is 68.9 Å². The number of furan rings is 1. The van der Waals surface area contributed by atoms with E-state index in [9.17, 15) is 9.90 Å². The van der Waals surface area contributed by atoms with Gasteiger partial charge in [0, 0.05) is 0 Å². The van der Waals surface area contributed by atoms with Crippen LogP contribution in [0.1, 0.15) is 29.6 Å². The average Bonchev–Trinajstić information content (AvgIpc) is 2.93. The summed E-state index contributed by atoms with van der Waals surface area (Å²) in [5.74, 6) is 0.329. The molecule has 1 heterocycles. The van der Waals surface area contributed by atoms with Crippen LogP contribution in [0.2, 0.25) is 0 Å². The highest BCUT2D eigenvalue weighted by Crippen LogP contribution is 2.45. The molecule has 2 aromatic rings. The first-order chi connectivity index (χ1) is 10.7. The largest absolute Gasteiger partial charge is 0.504 e. The summed E-state index contributed by atoms with van der Waals surface area (Å²) in [6.07, 6.45) is 8.29. The zero-order valence-electron chi connectivity index (χ0n) is 12.6. The Morgan fingerprint density at radius 2 is 2.05 bits per heavy atom. The van der Waals surface area contributed by atoms with Crippen molar-refractivity contribution in [1.29, 1.82) is 0 Å². The third kappa shape index (κ3) is 2.22. The van der Waals surface area contributed by atoms with Crippen molar-refractivity contribution in [2.75, 3.05) is 14.2 Å². The van der Waals surface area contributed by atoms with Crippen LogP contribution in [-0.4, -0.2) is 25.1 Å². The molecule has 0 aliphatic heterocycles. The van der Waals surface area contributed by atoms with Crippen LogP contribution in [0.5, 0.6) is 17.2 Å². The number of hydrogen-bond donors (Lipinski definition) is 1. The van der Waals surface area contributed by atoms with E-state index >= 15 is 0 Å². The van der Waals surface area contributed by atoms with Gasteiger partial charge in [0.25, 0.3) is 0 Å². The van der Waals surface area contributed by atoms with Gasteiger partial charge in [-0.2, -0.15) is 0 Å². The van der Waals surface area contributed by atoms with Crippen LogP contribution in [0.15, 0.2) is 28.9 Å². The third-order valence-electron chi connectivity index (χ3n) is 4.12. The molecule has 1 fully saturated rings. The number of rotatable bonds is 5. The molecule has 0 atom stereocenters. The van der Waals surface area contributed by atoms with Gasteiger partial charge in [-0.05, 0) is 30.9 Å². The quantitative estimate of drug-likeness (QED) is 0.673. The second-order valence-electron chi connectivity index (χ2n) is 5.37. The Bertz CT molecular complexity index is 737. The van der Waals surface area contributed by atoms with Gasteiger partial charge in [0.1, 0.15) is 11.3 Å². The molecule has 3 rings (SSSR count). The van der Waals surface area contributed by atoms with Gasteiger partial charge in [-0.25, -0.2) is 0 Å². The molecule has 1 N–H and O–H groups in total. The number of phenolic OH excluding ortho intramolecular Hbond substituents is 1. The summed E-state index contributed by atoms with van der Waals surface area (Å²) in [5, 5.41) is 11.0. The molecule has 1 aromatic heterocycles. The maximum atomic E-state index is 12.5. The van der Waals surface area contributed by atoms with E-state index in [1.165, 1.54) is 33.0 Å². The van der Waals surface area contributed by atoms with Crippen LogP contribution in [0.4, 0.5) is 0 Å². The standard InChI is InChI=1S/C17H18O5/c1-20-15-11-8-9-22-16(11)17(21-2)14(19)13(15)12(18)7-6-10-4-3-5-10/h6-10,19H,3-5H2,1-2H3/b7-6+. The lowest BCUT2D eigenvalue weighted by Crippen LogP contribution is -2.08. The van der Waals surface area contributed by atoms with Crippen LogP contribution in [-0.2, 0) is 0 Å². The molecule has 0 radical (unpaired) electrons. The van der Waals surface area contributed by atoms with E-state index in [1.807, 2.05) is 6.08 Å². The molecule has 0 unspecified atom stereocenters. The third-order valence-corrected chi connectivity index (χ3v) is 4.12. The lowest BCUT2D eigenvalue weighted by molar-refractivity contribution is 0.104. The Hall–Kier alpha value is -2.43. The Morgan fingerprint density at radius 1 is 1.32 bits per heavy atom. The predicted molar refractivity (Wildman–Crippen MR) is 81.8 cm³/mol. The van der Waals surface area contributed by atoms with E-state index in [0.717, 1.165) is 12.8 Å². The maximum Gasteiger partial charge on any atom is 0.205 e. The lowest BCUT2D eigenvalue weighted by atomic mass is 9.85. The second kappa shape index (κ2) is 5.75. The molecule has 116 valence electrons. The van der Waals surface area contributed by atoms with E-state index in [4.69, 9.17) is 13.9 Å². The van der Waals surface area contributed by atoms with Crippen LogP contribution in [0.3, 0.4) is 0 Å². The summed E-state index contributed by atoms with van der Waals surface area (Å²) in [4.78, 5) is 12.5. The minimum absolute atomic E-state index is 0.101. The molecular weight excluding hydrogens is 284 g/mol. The number of ketones is 1. The fourth-order valence-electron chi connectivity index (χ4n) is 2.70. The van der Waals surface area contributed by atoms with E-state index < -0.39 is 0 Å². The summed E-state index contributed by atoms with van der Waals surface area (Å²) in [5.41, 5.74) is 0.459. The monoisotopic (exact) mass is 302 g/mol. The zero-order valence-corrected chi connectivity index (χ0v) is 12.6. The van der Waals surface area contributed by atoms with Gasteiger partial charge in [0.2, 0.25) is 5.75 Å². The summed E-state index contributed by atoms with van der Waals surface area (Å²) >= 11 is 0. The van der Waals surface area contributed by atoms with Gasteiger partial charge in [-0.1, -0.05) is 12.5 Å². The Morgan fingerprint density at radius 3 is 2.64 bits per heavy atom. The highest BCUT2D eigenvalue weighted by Gasteiger charge is 2.26. The number of carbonyl (C=O) groups excluding carboxylic acids is 1. The number of benzene rings is 1. The fourth-order valence-corrected chi connectivity index (χ4v) is 2.70. The van der Waals surface area contributed by atoms with Crippen LogP contribution < -0.4 is 9.47 Å². The molecule has 0 saturated heterocycles. The number of ether oxygens (including phenoxy) is 2. The second-order valence-corrected chi connectivity index (χ2v) is 5.37. The Kier molecular flexibility index (Phi) is 3.79. The molecule has 5 heteroatoms. The fraction of sp³-hybridized carbons (Fsp3) is 0.353. The highest BCUT2D eigenvalue weighted by molar-refractivity contribution is 6.13. The van der Waals surface area contributed by atoms with Crippen molar-refractivity contribution in [2.24, 2.45) is 5.92 Å². The van der Waals surface area contributed by atoms with Crippen molar-refractivity contribution in [3.8, 4) is 17.2 Å². The molecule has 0 spiro atoms. The van der Waals surface area contributed by atoms with E-state index in [-0.39, 0.29) is 22.8 Å². The van der Waals surface area contributed by atoms with E-state index in [2.05, 4.69) is 0 Å². The van der Waals surface area contributed by atoms with Crippen LogP contribution in [0.25, 0.3) is 11.0 Å². The van der Waals surface area contributed by atoms with E-state index in [0.29, 0.717) is 22.6 Å². The molecule has 1 aromatic carbocycles. The number of aromatic hydroxyl groups is 1. The molecule has 1 saturated carbocycles. The summed E-state index contributed by atoms with van der Waals surface area (Å²) in [6, 6.07) is 1.68. The van der Waals surface area contributed by atoms with Crippen LogP contribution in [0, 0.1) is 5.92 Å². The predicted octanol–water partition coefficient (Wildman–Crippen LogP) is 3.69. The van der Waals surface area contributed by atoms with Crippen molar-refractivity contribution >= 4 is 16.8 Å². The van der Waals surface area contributed by atoms with E-state index in [1.54, 1.807) is 6.07 Å². The number of phenols is 1. The van der Waals surface area contributed by atoms with Gasteiger partial charge in [-0.15, -0.1) is 0 Å². The molecular formula is C17H18O5. The Balaban J connectivity index is 2.12. The van der Waals surface area contributed by atoms with Gasteiger partial charge in [-0.3, -0.25) is 4.79 Å². The minimum Gasteiger partial charge on any atom is -0.504 e. The molecule has 0 bridgehead atoms. The van der Waals surface area contributed by atoms with Crippen molar-refractivity contribution in [3.63, 3.8) is 0 Å². The maximum absolute atomic E-state index is 12.5. The highest BCUT2D eigenvalue weighted by atomic mass is 16.5. The number of methoxy groups -OCH3 is 2. The first-order valence-corrected chi connectivity index (χ1v) is 7.24. The number of hydrogen-bond acceptors (Lipinski definition) is 5. The molecule has 22 heavy (non-hydrogen) atoms. The minimum atomic E-state index is -0.303. The van der Waals surface area contributed by atoms with Crippen molar-refractivity contribution in [3.05, 3.63) is 30.0 Å². The molecule has 5 nitrogen and oxygen atoms in total. The summed E-state index contributed by atoms with van der Waals surface area (Å²) in [6.45, 7) is 0. The number of fused-ring (bicyclic) bond motifs is 1. The average molecular weight is 302 g/mol. The zero-order chi connectivity index (χ0) is 15.7. The lowest BCUT2D eigenvalue weighted by Gasteiger charge is -2.21. The molecule has 0 amide bonds.